The standard InChI is InChI=1S/C18H24FN3O2/c1-4-14(10-20-12-24-9-7-19)13(3)22-11-16-15(18(22)23)6-8-21-17(16)5-2/h4,6,8,10,13H,5,7,9,11-12H2,1-3H3/b14-4+,20-10?. The first-order valence-corrected chi connectivity index (χ1v) is 8.21. The number of aromatic nitrogens is 1. The molecule has 0 aromatic carbocycles. The molecule has 0 saturated carbocycles. The van der Waals surface area contributed by atoms with Crippen LogP contribution >= 0.6 is 0 Å². The van der Waals surface area contributed by atoms with Crippen molar-refractivity contribution < 1.29 is 13.9 Å². The molecule has 0 saturated heterocycles. The Morgan fingerprint density at radius 3 is 3.04 bits per heavy atom. The van der Waals surface area contributed by atoms with Crippen LogP contribution in [0.2, 0.25) is 0 Å². The summed E-state index contributed by atoms with van der Waals surface area (Å²) in [6, 6.07) is 1.68. The number of rotatable bonds is 8. The van der Waals surface area contributed by atoms with Crippen LogP contribution in [0.4, 0.5) is 4.39 Å². The summed E-state index contributed by atoms with van der Waals surface area (Å²) in [5, 5.41) is 0. The van der Waals surface area contributed by atoms with Crippen molar-refractivity contribution in [3.05, 3.63) is 40.7 Å². The second-order valence-electron chi connectivity index (χ2n) is 5.57. The van der Waals surface area contributed by atoms with Crippen molar-refractivity contribution >= 4 is 12.1 Å². The van der Waals surface area contributed by atoms with Crippen molar-refractivity contribution in [3.8, 4) is 0 Å². The maximum absolute atomic E-state index is 12.7. The molecule has 5 nitrogen and oxygen atoms in total. The molecule has 1 aliphatic rings. The number of allylic oxidation sites excluding steroid dienone is 1. The van der Waals surface area contributed by atoms with Crippen LogP contribution in [0.1, 0.15) is 42.4 Å². The van der Waals surface area contributed by atoms with E-state index in [0.717, 1.165) is 28.8 Å². The number of nitrogens with zero attached hydrogens (tertiary/aromatic N) is 3. The summed E-state index contributed by atoms with van der Waals surface area (Å²) in [5.74, 6) is 0.0241. The number of amides is 1. The highest BCUT2D eigenvalue weighted by Crippen LogP contribution is 2.28. The highest BCUT2D eigenvalue weighted by atomic mass is 19.1. The van der Waals surface area contributed by atoms with Gasteiger partial charge in [-0.3, -0.25) is 14.8 Å². The predicted molar refractivity (Wildman–Crippen MR) is 92.0 cm³/mol. The molecule has 0 spiro atoms. The normalized spacial score (nSPS) is 16.1. The first-order valence-electron chi connectivity index (χ1n) is 8.21. The van der Waals surface area contributed by atoms with Gasteiger partial charge in [0.15, 0.2) is 0 Å². The van der Waals surface area contributed by atoms with Crippen LogP contribution in [0.3, 0.4) is 0 Å². The second-order valence-corrected chi connectivity index (χ2v) is 5.57. The lowest BCUT2D eigenvalue weighted by Crippen LogP contribution is -2.35. The van der Waals surface area contributed by atoms with Crippen LogP contribution in [0.25, 0.3) is 0 Å². The Hall–Kier alpha value is -2.08. The fourth-order valence-corrected chi connectivity index (χ4v) is 2.84. The number of alkyl halides is 1. The molecule has 24 heavy (non-hydrogen) atoms. The molecule has 0 fully saturated rings. The van der Waals surface area contributed by atoms with E-state index in [2.05, 4.69) is 9.98 Å². The summed E-state index contributed by atoms with van der Waals surface area (Å²) in [6.45, 7) is 6.14. The zero-order valence-electron chi connectivity index (χ0n) is 14.5. The molecule has 0 bridgehead atoms. The Labute approximate surface area is 142 Å². The summed E-state index contributed by atoms with van der Waals surface area (Å²) in [7, 11) is 0. The smallest absolute Gasteiger partial charge is 0.255 e. The number of fused-ring (bicyclic) bond motifs is 1. The van der Waals surface area contributed by atoms with Crippen molar-refractivity contribution in [1.29, 1.82) is 0 Å². The monoisotopic (exact) mass is 333 g/mol. The Morgan fingerprint density at radius 1 is 1.58 bits per heavy atom. The molecule has 0 radical (unpaired) electrons. The average molecular weight is 333 g/mol. The minimum Gasteiger partial charge on any atom is -0.357 e. The molecule has 1 atom stereocenters. The van der Waals surface area contributed by atoms with Gasteiger partial charge in [-0.25, -0.2) is 4.39 Å². The van der Waals surface area contributed by atoms with Gasteiger partial charge in [0.2, 0.25) is 0 Å². The lowest BCUT2D eigenvalue weighted by atomic mass is 10.1. The zero-order chi connectivity index (χ0) is 17.5. The SMILES string of the molecule is C/C=C(\C=NCOCCF)C(C)N1Cc2c(ccnc2CC)C1=O. The third-order valence-corrected chi connectivity index (χ3v) is 4.21. The zero-order valence-corrected chi connectivity index (χ0v) is 14.5. The van der Waals surface area contributed by atoms with Gasteiger partial charge in [-0.1, -0.05) is 13.0 Å². The first kappa shape index (κ1) is 18.3. The Balaban J connectivity index is 2.10. The summed E-state index contributed by atoms with van der Waals surface area (Å²) in [6.07, 6.45) is 6.13. The van der Waals surface area contributed by atoms with E-state index in [9.17, 15) is 9.18 Å². The van der Waals surface area contributed by atoms with Crippen molar-refractivity contribution in [3.63, 3.8) is 0 Å². The summed E-state index contributed by atoms with van der Waals surface area (Å²) >= 11 is 0. The Bertz CT molecular complexity index is 643. The fraction of sp³-hybridized carbons (Fsp3) is 0.500. The van der Waals surface area contributed by atoms with Gasteiger partial charge in [0, 0.05) is 35.8 Å². The summed E-state index contributed by atoms with van der Waals surface area (Å²) < 4.78 is 17.0. The van der Waals surface area contributed by atoms with Gasteiger partial charge in [0.25, 0.3) is 5.91 Å². The van der Waals surface area contributed by atoms with Crippen molar-refractivity contribution in [2.75, 3.05) is 20.0 Å². The van der Waals surface area contributed by atoms with Gasteiger partial charge in [-0.05, 0) is 31.9 Å². The number of pyridine rings is 1. The van der Waals surface area contributed by atoms with Crippen molar-refractivity contribution in [1.82, 2.24) is 9.88 Å². The number of aliphatic imine (C=N–C) groups is 1. The highest BCUT2D eigenvalue weighted by Gasteiger charge is 2.33. The van der Waals surface area contributed by atoms with E-state index in [-0.39, 0.29) is 25.3 Å². The molecule has 1 aromatic heterocycles. The molecule has 0 aliphatic carbocycles. The number of carbonyl (C=O) groups is 1. The first-order chi connectivity index (χ1) is 11.6. The number of halogens is 1. The maximum Gasteiger partial charge on any atom is 0.255 e. The lowest BCUT2D eigenvalue weighted by molar-refractivity contribution is 0.0744. The van der Waals surface area contributed by atoms with E-state index in [1.807, 2.05) is 31.7 Å². The highest BCUT2D eigenvalue weighted by molar-refractivity contribution is 5.99. The maximum atomic E-state index is 12.7. The van der Waals surface area contributed by atoms with E-state index in [0.29, 0.717) is 6.54 Å². The minimum absolute atomic E-state index is 0.0241. The second kappa shape index (κ2) is 8.68. The molecule has 2 heterocycles. The third kappa shape index (κ3) is 3.87. The molecule has 1 unspecified atom stereocenters. The largest absolute Gasteiger partial charge is 0.357 e. The Morgan fingerprint density at radius 2 is 2.38 bits per heavy atom. The molecule has 6 heteroatoms. The van der Waals surface area contributed by atoms with Crippen LogP contribution in [0, 0.1) is 0 Å². The quantitative estimate of drug-likeness (QED) is 0.543. The molecule has 2 rings (SSSR count). The average Bonchev–Trinajstić information content (AvgIpc) is 2.94. The number of aryl methyl sites for hydroxylation is 1. The molecule has 0 N–H and O–H groups in total. The van der Waals surface area contributed by atoms with E-state index in [1.54, 1.807) is 18.5 Å². The van der Waals surface area contributed by atoms with E-state index in [4.69, 9.17) is 4.74 Å². The Kier molecular flexibility index (Phi) is 6.61. The molecular weight excluding hydrogens is 309 g/mol. The number of hydrogen-bond donors (Lipinski definition) is 0. The van der Waals surface area contributed by atoms with E-state index >= 15 is 0 Å². The van der Waals surface area contributed by atoms with Crippen LogP contribution in [0.5, 0.6) is 0 Å². The molecule has 1 amide bonds. The lowest BCUT2D eigenvalue weighted by Gasteiger charge is -2.25. The summed E-state index contributed by atoms with van der Waals surface area (Å²) in [4.78, 5) is 23.1. The number of hydrogen-bond acceptors (Lipinski definition) is 4. The van der Waals surface area contributed by atoms with Crippen LogP contribution in [-0.4, -0.2) is 48.1 Å². The number of carbonyl (C=O) groups excluding carboxylic acids is 1. The van der Waals surface area contributed by atoms with Crippen LogP contribution in [0.15, 0.2) is 28.9 Å². The minimum atomic E-state index is -0.517. The van der Waals surface area contributed by atoms with Gasteiger partial charge < -0.3 is 9.64 Å². The van der Waals surface area contributed by atoms with E-state index in [1.165, 1.54) is 0 Å². The predicted octanol–water partition coefficient (Wildman–Crippen LogP) is 2.95. The summed E-state index contributed by atoms with van der Waals surface area (Å²) in [5.41, 5.74) is 3.67. The van der Waals surface area contributed by atoms with Gasteiger partial charge in [-0.15, -0.1) is 0 Å². The molecule has 130 valence electrons. The van der Waals surface area contributed by atoms with Crippen molar-refractivity contribution in [2.45, 2.75) is 39.8 Å². The third-order valence-electron chi connectivity index (χ3n) is 4.21. The van der Waals surface area contributed by atoms with Crippen LogP contribution < -0.4 is 0 Å². The van der Waals surface area contributed by atoms with Gasteiger partial charge in [0.05, 0.1) is 12.6 Å². The van der Waals surface area contributed by atoms with Crippen molar-refractivity contribution in [2.24, 2.45) is 4.99 Å². The fourth-order valence-electron chi connectivity index (χ4n) is 2.84. The topological polar surface area (TPSA) is 54.8 Å². The van der Waals surface area contributed by atoms with Gasteiger partial charge in [-0.2, -0.15) is 0 Å². The van der Waals surface area contributed by atoms with Gasteiger partial charge >= 0.3 is 0 Å². The van der Waals surface area contributed by atoms with Crippen LogP contribution in [-0.2, 0) is 17.7 Å². The van der Waals surface area contributed by atoms with E-state index < -0.39 is 6.67 Å². The molecule has 1 aromatic rings. The van der Waals surface area contributed by atoms with Gasteiger partial charge in [0.1, 0.15) is 13.4 Å². The molecular formula is C18H24FN3O2. The number of ether oxygens (including phenoxy) is 1. The molecule has 1 aliphatic heterocycles.